The summed E-state index contributed by atoms with van der Waals surface area (Å²) in [5, 5.41) is 9.38. The third-order valence-electron chi connectivity index (χ3n) is 4.10. The number of nitrogens with zero attached hydrogens (tertiary/aromatic N) is 1. The standard InChI is InChI=1S/C16H23NO2/c1-12-4-3-5-14(10-12)6-7-16(19)17-9-8-13(2)15(17)11-18/h3-5,10,13,15,18H,6-9,11H2,1-2H3. The van der Waals surface area contributed by atoms with E-state index in [1.165, 1.54) is 11.1 Å². The summed E-state index contributed by atoms with van der Waals surface area (Å²) < 4.78 is 0. The van der Waals surface area contributed by atoms with Gasteiger partial charge in [-0.15, -0.1) is 0 Å². The number of aryl methyl sites for hydroxylation is 2. The average molecular weight is 261 g/mol. The van der Waals surface area contributed by atoms with E-state index >= 15 is 0 Å². The largest absolute Gasteiger partial charge is 0.394 e. The lowest BCUT2D eigenvalue weighted by atomic mass is 10.0. The van der Waals surface area contributed by atoms with Crippen molar-refractivity contribution in [2.45, 2.75) is 39.2 Å². The fourth-order valence-corrected chi connectivity index (χ4v) is 2.86. The van der Waals surface area contributed by atoms with Crippen molar-refractivity contribution in [1.82, 2.24) is 4.90 Å². The third kappa shape index (κ3) is 3.35. The molecular formula is C16H23NO2. The Kier molecular flexibility index (Phi) is 4.59. The topological polar surface area (TPSA) is 40.5 Å². The molecule has 1 aliphatic rings. The Balaban J connectivity index is 1.91. The molecule has 1 saturated heterocycles. The number of carbonyl (C=O) groups is 1. The van der Waals surface area contributed by atoms with E-state index in [9.17, 15) is 9.90 Å². The number of rotatable bonds is 4. The maximum atomic E-state index is 12.2. The molecule has 0 radical (unpaired) electrons. The van der Waals surface area contributed by atoms with E-state index in [0.717, 1.165) is 19.4 Å². The van der Waals surface area contributed by atoms with E-state index in [-0.39, 0.29) is 18.6 Å². The van der Waals surface area contributed by atoms with E-state index in [2.05, 4.69) is 32.0 Å². The quantitative estimate of drug-likeness (QED) is 0.902. The first-order valence-electron chi connectivity index (χ1n) is 7.07. The van der Waals surface area contributed by atoms with Crippen molar-refractivity contribution < 1.29 is 9.90 Å². The van der Waals surface area contributed by atoms with Gasteiger partial charge in [0.1, 0.15) is 0 Å². The summed E-state index contributed by atoms with van der Waals surface area (Å²) >= 11 is 0. The highest BCUT2D eigenvalue weighted by atomic mass is 16.3. The molecular weight excluding hydrogens is 238 g/mol. The monoisotopic (exact) mass is 261 g/mol. The van der Waals surface area contributed by atoms with Crippen LogP contribution in [0.4, 0.5) is 0 Å². The summed E-state index contributed by atoms with van der Waals surface area (Å²) in [5.74, 6) is 0.581. The zero-order valence-electron chi connectivity index (χ0n) is 11.8. The maximum absolute atomic E-state index is 12.2. The first-order valence-corrected chi connectivity index (χ1v) is 7.07. The van der Waals surface area contributed by atoms with Gasteiger partial charge in [-0.2, -0.15) is 0 Å². The minimum Gasteiger partial charge on any atom is -0.394 e. The second-order valence-electron chi connectivity index (χ2n) is 5.59. The van der Waals surface area contributed by atoms with Crippen molar-refractivity contribution in [1.29, 1.82) is 0 Å². The normalized spacial score (nSPS) is 22.8. The van der Waals surface area contributed by atoms with Crippen molar-refractivity contribution in [3.8, 4) is 0 Å². The molecule has 0 bridgehead atoms. The molecule has 0 aliphatic carbocycles. The molecule has 0 spiro atoms. The fourth-order valence-electron chi connectivity index (χ4n) is 2.86. The average Bonchev–Trinajstić information content (AvgIpc) is 2.77. The van der Waals surface area contributed by atoms with E-state index in [0.29, 0.717) is 12.3 Å². The molecule has 1 fully saturated rings. The van der Waals surface area contributed by atoms with Crippen molar-refractivity contribution >= 4 is 5.91 Å². The molecule has 1 heterocycles. The van der Waals surface area contributed by atoms with Gasteiger partial charge < -0.3 is 10.0 Å². The summed E-state index contributed by atoms with van der Waals surface area (Å²) in [4.78, 5) is 14.1. The minimum atomic E-state index is 0.0185. The van der Waals surface area contributed by atoms with Gasteiger partial charge in [-0.25, -0.2) is 0 Å². The molecule has 2 rings (SSSR count). The summed E-state index contributed by atoms with van der Waals surface area (Å²) in [6.07, 6.45) is 2.32. The molecule has 3 heteroatoms. The zero-order chi connectivity index (χ0) is 13.8. The van der Waals surface area contributed by atoms with Crippen LogP contribution < -0.4 is 0 Å². The third-order valence-corrected chi connectivity index (χ3v) is 4.10. The molecule has 104 valence electrons. The highest BCUT2D eigenvalue weighted by Crippen LogP contribution is 2.24. The van der Waals surface area contributed by atoms with Crippen molar-refractivity contribution in [3.05, 3.63) is 35.4 Å². The lowest BCUT2D eigenvalue weighted by Gasteiger charge is -2.25. The summed E-state index contributed by atoms with van der Waals surface area (Å²) in [6.45, 7) is 5.04. The molecule has 0 saturated carbocycles. The zero-order valence-corrected chi connectivity index (χ0v) is 11.8. The Morgan fingerprint density at radius 3 is 2.95 bits per heavy atom. The second kappa shape index (κ2) is 6.20. The van der Waals surface area contributed by atoms with Crippen LogP contribution in [0.2, 0.25) is 0 Å². The van der Waals surface area contributed by atoms with Gasteiger partial charge in [0, 0.05) is 13.0 Å². The highest BCUT2D eigenvalue weighted by molar-refractivity contribution is 5.77. The van der Waals surface area contributed by atoms with Gasteiger partial charge in [-0.1, -0.05) is 36.8 Å². The number of likely N-dealkylation sites (tertiary alicyclic amines) is 1. The Morgan fingerprint density at radius 2 is 2.26 bits per heavy atom. The van der Waals surface area contributed by atoms with Crippen LogP contribution in [-0.4, -0.2) is 35.1 Å². The van der Waals surface area contributed by atoms with Crippen LogP contribution in [-0.2, 0) is 11.2 Å². The number of aliphatic hydroxyl groups is 1. The van der Waals surface area contributed by atoms with Crippen LogP contribution in [0.25, 0.3) is 0 Å². The molecule has 19 heavy (non-hydrogen) atoms. The molecule has 3 nitrogen and oxygen atoms in total. The number of aliphatic hydroxyl groups excluding tert-OH is 1. The van der Waals surface area contributed by atoms with Crippen molar-refractivity contribution in [3.63, 3.8) is 0 Å². The number of hydrogen-bond donors (Lipinski definition) is 1. The smallest absolute Gasteiger partial charge is 0.223 e. The number of carbonyl (C=O) groups excluding carboxylic acids is 1. The summed E-state index contributed by atoms with van der Waals surface area (Å²) in [5.41, 5.74) is 2.44. The molecule has 2 atom stereocenters. The van der Waals surface area contributed by atoms with Gasteiger partial charge >= 0.3 is 0 Å². The van der Waals surface area contributed by atoms with E-state index in [1.54, 1.807) is 0 Å². The summed E-state index contributed by atoms with van der Waals surface area (Å²) in [6, 6.07) is 8.31. The Morgan fingerprint density at radius 1 is 1.47 bits per heavy atom. The second-order valence-corrected chi connectivity index (χ2v) is 5.59. The van der Waals surface area contributed by atoms with Crippen LogP contribution in [0.3, 0.4) is 0 Å². The first kappa shape index (κ1) is 14.1. The van der Waals surface area contributed by atoms with Gasteiger partial charge in [0.25, 0.3) is 0 Å². The molecule has 1 aromatic carbocycles. The van der Waals surface area contributed by atoms with Gasteiger partial charge in [-0.05, 0) is 31.2 Å². The van der Waals surface area contributed by atoms with Crippen LogP contribution in [0.5, 0.6) is 0 Å². The lowest BCUT2D eigenvalue weighted by Crippen LogP contribution is -2.39. The van der Waals surface area contributed by atoms with E-state index in [4.69, 9.17) is 0 Å². The molecule has 2 unspecified atom stereocenters. The molecule has 0 aromatic heterocycles. The van der Waals surface area contributed by atoms with Crippen LogP contribution >= 0.6 is 0 Å². The number of benzene rings is 1. The number of amides is 1. The predicted octanol–water partition coefficient (Wildman–Crippen LogP) is 2.16. The molecule has 1 aromatic rings. The van der Waals surface area contributed by atoms with Gasteiger partial charge in [-0.3, -0.25) is 4.79 Å². The van der Waals surface area contributed by atoms with Crippen molar-refractivity contribution in [2.24, 2.45) is 5.92 Å². The van der Waals surface area contributed by atoms with Crippen molar-refractivity contribution in [2.75, 3.05) is 13.2 Å². The minimum absolute atomic E-state index is 0.0185. The van der Waals surface area contributed by atoms with E-state index in [1.807, 2.05) is 11.0 Å². The SMILES string of the molecule is Cc1cccc(CCC(=O)N2CCC(C)C2CO)c1. The first-order chi connectivity index (χ1) is 9.11. The highest BCUT2D eigenvalue weighted by Gasteiger charge is 2.33. The molecule has 1 aliphatic heterocycles. The Bertz CT molecular complexity index is 444. The molecule has 1 amide bonds. The summed E-state index contributed by atoms with van der Waals surface area (Å²) in [7, 11) is 0. The van der Waals surface area contributed by atoms with Crippen LogP contribution in [0, 0.1) is 12.8 Å². The lowest BCUT2D eigenvalue weighted by molar-refractivity contribution is -0.133. The van der Waals surface area contributed by atoms with Crippen LogP contribution in [0.15, 0.2) is 24.3 Å². The Hall–Kier alpha value is -1.35. The van der Waals surface area contributed by atoms with Crippen LogP contribution in [0.1, 0.15) is 30.9 Å². The Labute approximate surface area is 115 Å². The fraction of sp³-hybridized carbons (Fsp3) is 0.562. The van der Waals surface area contributed by atoms with E-state index < -0.39 is 0 Å². The van der Waals surface area contributed by atoms with Gasteiger partial charge in [0.05, 0.1) is 12.6 Å². The van der Waals surface area contributed by atoms with Gasteiger partial charge in [0.15, 0.2) is 0 Å². The number of hydrogen-bond acceptors (Lipinski definition) is 2. The van der Waals surface area contributed by atoms with Gasteiger partial charge in [0.2, 0.25) is 5.91 Å². The predicted molar refractivity (Wildman–Crippen MR) is 75.9 cm³/mol. The molecule has 1 N–H and O–H groups in total. The maximum Gasteiger partial charge on any atom is 0.223 e.